The number of nitrogens with one attached hydrogen (secondary N) is 3. The molecule has 0 radical (unpaired) electrons. The average molecular weight is 357 g/mol. The number of halogens is 1. The van der Waals surface area contributed by atoms with Crippen LogP contribution in [-0.4, -0.2) is 45.2 Å². The van der Waals surface area contributed by atoms with Crippen LogP contribution in [0, 0.1) is 5.82 Å². The predicted molar refractivity (Wildman–Crippen MR) is 99.8 cm³/mol. The molecule has 1 aliphatic rings. The first-order valence-corrected chi connectivity index (χ1v) is 9.32. The molecule has 1 aliphatic heterocycles. The minimum atomic E-state index is -0.332. The molecular weight excluding hydrogens is 329 g/mol. The number of likely N-dealkylation sites (N-methyl/N-ethyl adjacent to an activating group) is 1. The van der Waals surface area contributed by atoms with Gasteiger partial charge in [-0.05, 0) is 31.2 Å². The zero-order chi connectivity index (χ0) is 18.5. The standard InChI is InChI=1S/C21H26FN3O/c1-16(23-21(26)18-8-10-19(22)11-9-18)20(17-6-4-3-5-7-17)25-14-12-24(2)13-15-25/h3-11,16,20H,12-15H2,1-2H3,(H,23,26)/p+2/t16-,20-/m0/s1. The van der Waals surface area contributed by atoms with Crippen molar-refractivity contribution in [3.8, 4) is 0 Å². The molecule has 4 nitrogen and oxygen atoms in total. The van der Waals surface area contributed by atoms with E-state index in [9.17, 15) is 9.18 Å². The number of hydrogen-bond acceptors (Lipinski definition) is 1. The van der Waals surface area contributed by atoms with Gasteiger partial charge < -0.3 is 15.1 Å². The maximum Gasteiger partial charge on any atom is 0.251 e. The number of quaternary nitrogens is 2. The van der Waals surface area contributed by atoms with E-state index in [2.05, 4.69) is 43.6 Å². The third-order valence-electron chi connectivity index (χ3n) is 5.31. The number of hydrogen-bond donors (Lipinski definition) is 3. The Balaban J connectivity index is 1.77. The van der Waals surface area contributed by atoms with E-state index in [-0.39, 0.29) is 23.8 Å². The quantitative estimate of drug-likeness (QED) is 0.698. The first-order valence-electron chi connectivity index (χ1n) is 9.32. The van der Waals surface area contributed by atoms with Crippen LogP contribution in [0.1, 0.15) is 28.9 Å². The van der Waals surface area contributed by atoms with E-state index in [0.29, 0.717) is 5.56 Å². The summed E-state index contributed by atoms with van der Waals surface area (Å²) in [6.07, 6.45) is 0. The fourth-order valence-corrected chi connectivity index (χ4v) is 3.82. The minimum Gasteiger partial charge on any atom is -0.343 e. The number of rotatable bonds is 5. The number of carbonyl (C=O) groups is 1. The topological polar surface area (TPSA) is 38.0 Å². The van der Waals surface area contributed by atoms with Crippen LogP contribution < -0.4 is 15.1 Å². The van der Waals surface area contributed by atoms with Crippen LogP contribution in [-0.2, 0) is 0 Å². The van der Waals surface area contributed by atoms with Crippen LogP contribution in [0.4, 0.5) is 4.39 Å². The van der Waals surface area contributed by atoms with E-state index in [1.54, 1.807) is 4.90 Å². The minimum absolute atomic E-state index is 0.0247. The SMILES string of the molecule is C[C@H](NC(=O)c1ccc(F)cc1)[C@@H](c1ccccc1)[NH+]1CC[NH+](C)CC1. The summed E-state index contributed by atoms with van der Waals surface area (Å²) in [6, 6.07) is 16.3. The van der Waals surface area contributed by atoms with E-state index >= 15 is 0 Å². The van der Waals surface area contributed by atoms with E-state index in [0.717, 1.165) is 26.2 Å². The van der Waals surface area contributed by atoms with Crippen molar-refractivity contribution in [1.29, 1.82) is 0 Å². The van der Waals surface area contributed by atoms with Gasteiger partial charge in [0.1, 0.15) is 38.0 Å². The smallest absolute Gasteiger partial charge is 0.251 e. The van der Waals surface area contributed by atoms with Gasteiger partial charge >= 0.3 is 0 Å². The molecule has 0 aliphatic carbocycles. The zero-order valence-corrected chi connectivity index (χ0v) is 15.5. The molecule has 1 fully saturated rings. The second kappa shape index (κ2) is 8.43. The largest absolute Gasteiger partial charge is 0.343 e. The molecule has 3 rings (SSSR count). The highest BCUT2D eigenvalue weighted by atomic mass is 19.1. The van der Waals surface area contributed by atoms with Crippen molar-refractivity contribution in [3.63, 3.8) is 0 Å². The molecule has 26 heavy (non-hydrogen) atoms. The van der Waals surface area contributed by atoms with Crippen molar-refractivity contribution < 1.29 is 19.0 Å². The summed E-state index contributed by atoms with van der Waals surface area (Å²) < 4.78 is 13.1. The molecule has 0 aromatic heterocycles. The highest BCUT2D eigenvalue weighted by Gasteiger charge is 2.34. The molecular formula is C21H28FN3O+2. The van der Waals surface area contributed by atoms with Crippen molar-refractivity contribution in [1.82, 2.24) is 5.32 Å². The van der Waals surface area contributed by atoms with Crippen molar-refractivity contribution in [2.45, 2.75) is 19.0 Å². The second-order valence-electron chi connectivity index (χ2n) is 7.27. The lowest BCUT2D eigenvalue weighted by Gasteiger charge is -2.36. The van der Waals surface area contributed by atoms with E-state index in [1.165, 1.54) is 34.7 Å². The Morgan fingerprint density at radius 1 is 1.00 bits per heavy atom. The lowest BCUT2D eigenvalue weighted by Crippen LogP contribution is -3.27. The van der Waals surface area contributed by atoms with Crippen molar-refractivity contribution >= 4 is 5.91 Å². The van der Waals surface area contributed by atoms with E-state index in [4.69, 9.17) is 0 Å². The average Bonchev–Trinajstić information content (AvgIpc) is 2.65. The predicted octanol–water partition coefficient (Wildman–Crippen LogP) is 0.0985. The molecule has 0 unspecified atom stereocenters. The van der Waals surface area contributed by atoms with Crippen LogP contribution in [0.15, 0.2) is 54.6 Å². The Morgan fingerprint density at radius 2 is 1.62 bits per heavy atom. The monoisotopic (exact) mass is 357 g/mol. The summed E-state index contributed by atoms with van der Waals surface area (Å²) in [5.74, 6) is -0.487. The molecule has 0 spiro atoms. The van der Waals surface area contributed by atoms with Gasteiger partial charge in [-0.15, -0.1) is 0 Å². The lowest BCUT2D eigenvalue weighted by molar-refractivity contribution is -1.02. The van der Waals surface area contributed by atoms with Gasteiger partial charge in [0.05, 0.1) is 13.1 Å². The number of piperazine rings is 1. The fraction of sp³-hybridized carbons (Fsp3) is 0.381. The van der Waals surface area contributed by atoms with Crippen LogP contribution in [0.5, 0.6) is 0 Å². The molecule has 3 N–H and O–H groups in total. The molecule has 5 heteroatoms. The molecule has 0 saturated carbocycles. The van der Waals surface area contributed by atoms with Crippen LogP contribution in [0.2, 0.25) is 0 Å². The van der Waals surface area contributed by atoms with Crippen LogP contribution in [0.3, 0.4) is 0 Å². The zero-order valence-electron chi connectivity index (χ0n) is 15.5. The van der Waals surface area contributed by atoms with Gasteiger partial charge in [0.2, 0.25) is 0 Å². The van der Waals surface area contributed by atoms with Gasteiger partial charge in [-0.1, -0.05) is 30.3 Å². The van der Waals surface area contributed by atoms with Gasteiger partial charge in [-0.25, -0.2) is 4.39 Å². The molecule has 138 valence electrons. The molecule has 1 amide bonds. The van der Waals surface area contributed by atoms with Crippen molar-refractivity contribution in [2.75, 3.05) is 33.2 Å². The summed E-state index contributed by atoms with van der Waals surface area (Å²) in [4.78, 5) is 15.7. The molecule has 2 atom stereocenters. The van der Waals surface area contributed by atoms with Crippen LogP contribution in [0.25, 0.3) is 0 Å². The Hall–Kier alpha value is -2.24. The van der Waals surface area contributed by atoms with Crippen molar-refractivity contribution in [3.05, 3.63) is 71.5 Å². The summed E-state index contributed by atoms with van der Waals surface area (Å²) in [7, 11) is 2.23. The molecule has 2 aromatic carbocycles. The van der Waals surface area contributed by atoms with Gasteiger partial charge in [0, 0.05) is 11.1 Å². The normalized spacial score (nSPS) is 22.4. The first kappa shape index (κ1) is 18.5. The molecule has 1 saturated heterocycles. The summed E-state index contributed by atoms with van der Waals surface area (Å²) in [5, 5.41) is 3.13. The lowest BCUT2D eigenvalue weighted by atomic mass is 9.97. The third-order valence-corrected chi connectivity index (χ3v) is 5.31. The number of amides is 1. The van der Waals surface area contributed by atoms with Gasteiger partial charge in [0.25, 0.3) is 5.91 Å². The van der Waals surface area contributed by atoms with Crippen molar-refractivity contribution in [2.24, 2.45) is 0 Å². The number of carbonyl (C=O) groups excluding carboxylic acids is 1. The summed E-state index contributed by atoms with van der Waals surface area (Å²) in [5.41, 5.74) is 1.73. The maximum atomic E-state index is 13.1. The Labute approximate surface area is 154 Å². The Kier molecular flexibility index (Phi) is 6.01. The molecule has 0 bridgehead atoms. The first-order chi connectivity index (χ1) is 12.5. The fourth-order valence-electron chi connectivity index (χ4n) is 3.82. The second-order valence-corrected chi connectivity index (χ2v) is 7.27. The van der Waals surface area contributed by atoms with E-state index < -0.39 is 0 Å². The third kappa shape index (κ3) is 4.48. The van der Waals surface area contributed by atoms with Gasteiger partial charge in [-0.3, -0.25) is 4.79 Å². The van der Waals surface area contributed by atoms with E-state index in [1.807, 2.05) is 6.07 Å². The molecule has 2 aromatic rings. The maximum absolute atomic E-state index is 13.1. The highest BCUT2D eigenvalue weighted by molar-refractivity contribution is 5.94. The Bertz CT molecular complexity index is 712. The number of benzene rings is 2. The van der Waals surface area contributed by atoms with Gasteiger partial charge in [0.15, 0.2) is 0 Å². The van der Waals surface area contributed by atoms with Gasteiger partial charge in [-0.2, -0.15) is 0 Å². The summed E-state index contributed by atoms with van der Waals surface area (Å²) >= 11 is 0. The van der Waals surface area contributed by atoms with Crippen LogP contribution >= 0.6 is 0 Å². The molecule has 1 heterocycles. The Morgan fingerprint density at radius 3 is 2.23 bits per heavy atom. The highest BCUT2D eigenvalue weighted by Crippen LogP contribution is 2.14. The summed E-state index contributed by atoms with van der Waals surface area (Å²) in [6.45, 7) is 6.51.